The van der Waals surface area contributed by atoms with Gasteiger partial charge in [0, 0.05) is 12.1 Å². The zero-order valence-corrected chi connectivity index (χ0v) is 15.9. The molecular weight excluding hydrogens is 356 g/mol. The molecule has 7 nitrogen and oxygen atoms in total. The van der Waals surface area contributed by atoms with Crippen LogP contribution in [0.1, 0.15) is 30.3 Å². The number of nitrogens with one attached hydrogen (secondary N) is 1. The van der Waals surface area contributed by atoms with Gasteiger partial charge in [-0.2, -0.15) is 4.98 Å². The van der Waals surface area contributed by atoms with Crippen LogP contribution in [0.25, 0.3) is 11.4 Å². The monoisotopic (exact) mass is 378 g/mol. The predicted octanol–water partition coefficient (Wildman–Crippen LogP) is 4.42. The summed E-state index contributed by atoms with van der Waals surface area (Å²) in [6.45, 7) is 2.65. The summed E-state index contributed by atoms with van der Waals surface area (Å²) in [5.74, 6) is 1.62. The number of ether oxygens (including phenoxy) is 1. The number of aromatic nitrogens is 2. The van der Waals surface area contributed by atoms with Gasteiger partial charge < -0.3 is 19.5 Å². The standard InChI is InChI=1S/C21H22N4O3/c1-14-7-5-8-15(13-14)19-23-20(28-24-19)17-10-6-12-25(17)21(26)22-16-9-3-4-11-18(16)27-2/h3-5,7-9,11,13,17H,6,10,12H2,1-2H3,(H,22,26)/t17-/m0/s1. The zero-order chi connectivity index (χ0) is 19.5. The first-order valence-electron chi connectivity index (χ1n) is 9.27. The van der Waals surface area contributed by atoms with Crippen molar-refractivity contribution >= 4 is 11.7 Å². The van der Waals surface area contributed by atoms with Crippen LogP contribution in [-0.4, -0.2) is 34.7 Å². The van der Waals surface area contributed by atoms with Gasteiger partial charge in [-0.3, -0.25) is 0 Å². The van der Waals surface area contributed by atoms with Gasteiger partial charge in [-0.1, -0.05) is 41.1 Å². The molecule has 1 aliphatic rings. The second-order valence-corrected chi connectivity index (χ2v) is 6.81. The predicted molar refractivity (Wildman–Crippen MR) is 105 cm³/mol. The fourth-order valence-corrected chi connectivity index (χ4v) is 3.47. The van der Waals surface area contributed by atoms with Gasteiger partial charge in [-0.15, -0.1) is 0 Å². The summed E-state index contributed by atoms with van der Waals surface area (Å²) in [6, 6.07) is 14.8. The van der Waals surface area contributed by atoms with Crippen LogP contribution in [0.4, 0.5) is 10.5 Å². The van der Waals surface area contributed by atoms with E-state index in [1.54, 1.807) is 12.0 Å². The molecule has 1 saturated heterocycles. The molecular formula is C21H22N4O3. The van der Waals surface area contributed by atoms with Gasteiger partial charge in [0.2, 0.25) is 11.7 Å². The number of benzene rings is 2. The number of amides is 2. The molecule has 0 saturated carbocycles. The lowest BCUT2D eigenvalue weighted by atomic mass is 10.1. The highest BCUT2D eigenvalue weighted by molar-refractivity contribution is 5.91. The number of carbonyl (C=O) groups is 1. The Bertz CT molecular complexity index is 985. The number of anilines is 1. The third-order valence-electron chi connectivity index (χ3n) is 4.87. The van der Waals surface area contributed by atoms with Crippen LogP contribution >= 0.6 is 0 Å². The number of methoxy groups -OCH3 is 1. The first-order valence-corrected chi connectivity index (χ1v) is 9.27. The molecule has 2 heterocycles. The minimum absolute atomic E-state index is 0.206. The molecule has 28 heavy (non-hydrogen) atoms. The summed E-state index contributed by atoms with van der Waals surface area (Å²) >= 11 is 0. The van der Waals surface area contributed by atoms with E-state index in [4.69, 9.17) is 9.26 Å². The summed E-state index contributed by atoms with van der Waals surface area (Å²) < 4.78 is 10.8. The first-order chi connectivity index (χ1) is 13.7. The lowest BCUT2D eigenvalue weighted by molar-refractivity contribution is 0.193. The molecule has 1 aliphatic heterocycles. The average Bonchev–Trinajstić information content (AvgIpc) is 3.38. The van der Waals surface area contributed by atoms with E-state index in [-0.39, 0.29) is 12.1 Å². The summed E-state index contributed by atoms with van der Waals surface area (Å²) in [5.41, 5.74) is 2.66. The van der Waals surface area contributed by atoms with Crippen molar-refractivity contribution in [3.05, 3.63) is 60.0 Å². The molecule has 2 aromatic carbocycles. The molecule has 1 fully saturated rings. The van der Waals surface area contributed by atoms with Gasteiger partial charge in [-0.05, 0) is 38.0 Å². The van der Waals surface area contributed by atoms with Crippen molar-refractivity contribution in [3.8, 4) is 17.1 Å². The first kappa shape index (κ1) is 18.0. The largest absolute Gasteiger partial charge is 0.495 e. The molecule has 0 bridgehead atoms. The lowest BCUT2D eigenvalue weighted by Gasteiger charge is -2.22. The van der Waals surface area contributed by atoms with Gasteiger partial charge in [0.1, 0.15) is 11.8 Å². The Morgan fingerprint density at radius 2 is 2.11 bits per heavy atom. The molecule has 1 aromatic heterocycles. The Kier molecular flexibility index (Phi) is 4.97. The van der Waals surface area contributed by atoms with Crippen LogP contribution in [-0.2, 0) is 0 Å². The van der Waals surface area contributed by atoms with Crippen LogP contribution < -0.4 is 10.1 Å². The second-order valence-electron chi connectivity index (χ2n) is 6.81. The number of carbonyl (C=O) groups excluding carboxylic acids is 1. The normalized spacial score (nSPS) is 16.2. The van der Waals surface area contributed by atoms with Crippen LogP contribution in [0.2, 0.25) is 0 Å². The molecule has 0 spiro atoms. The summed E-state index contributed by atoms with van der Waals surface area (Å²) in [4.78, 5) is 19.1. The van der Waals surface area contributed by atoms with Crippen molar-refractivity contribution in [3.63, 3.8) is 0 Å². The van der Waals surface area contributed by atoms with Gasteiger partial charge in [0.05, 0.1) is 12.8 Å². The zero-order valence-electron chi connectivity index (χ0n) is 15.9. The Morgan fingerprint density at radius 3 is 2.93 bits per heavy atom. The molecule has 1 atom stereocenters. The number of hydrogen-bond acceptors (Lipinski definition) is 5. The van der Waals surface area contributed by atoms with E-state index in [0.29, 0.717) is 29.7 Å². The van der Waals surface area contributed by atoms with Crippen molar-refractivity contribution in [1.82, 2.24) is 15.0 Å². The van der Waals surface area contributed by atoms with E-state index in [0.717, 1.165) is 24.0 Å². The summed E-state index contributed by atoms with van der Waals surface area (Å²) in [5, 5.41) is 7.03. The number of rotatable bonds is 4. The molecule has 2 amide bonds. The van der Waals surface area contributed by atoms with Crippen LogP contribution in [0, 0.1) is 6.92 Å². The maximum Gasteiger partial charge on any atom is 0.322 e. The van der Waals surface area contributed by atoms with Gasteiger partial charge >= 0.3 is 6.03 Å². The van der Waals surface area contributed by atoms with E-state index in [1.807, 2.05) is 55.5 Å². The molecule has 1 N–H and O–H groups in total. The van der Waals surface area contributed by atoms with Crippen molar-refractivity contribution in [1.29, 1.82) is 0 Å². The average molecular weight is 378 g/mol. The minimum Gasteiger partial charge on any atom is -0.495 e. The Labute approximate surface area is 163 Å². The van der Waals surface area contributed by atoms with Crippen molar-refractivity contribution in [2.24, 2.45) is 0 Å². The molecule has 144 valence electrons. The Hall–Kier alpha value is -3.35. The molecule has 0 aliphatic carbocycles. The number of hydrogen-bond donors (Lipinski definition) is 1. The quantitative estimate of drug-likeness (QED) is 0.727. The fourth-order valence-electron chi connectivity index (χ4n) is 3.47. The van der Waals surface area contributed by atoms with E-state index in [9.17, 15) is 4.79 Å². The maximum atomic E-state index is 12.9. The SMILES string of the molecule is COc1ccccc1NC(=O)N1CCC[C@H]1c1nc(-c2cccc(C)c2)no1. The number of aryl methyl sites for hydroxylation is 1. The molecule has 0 radical (unpaired) electrons. The molecule has 3 aromatic rings. The number of urea groups is 1. The number of para-hydroxylation sites is 2. The second kappa shape index (κ2) is 7.72. The van der Waals surface area contributed by atoms with Crippen molar-refractivity contribution < 1.29 is 14.1 Å². The summed E-state index contributed by atoms with van der Waals surface area (Å²) in [6.07, 6.45) is 1.67. The van der Waals surface area contributed by atoms with E-state index in [1.165, 1.54) is 0 Å². The number of likely N-dealkylation sites (tertiary alicyclic amines) is 1. The number of nitrogens with zero attached hydrogens (tertiary/aromatic N) is 3. The Balaban J connectivity index is 1.53. The van der Waals surface area contributed by atoms with E-state index in [2.05, 4.69) is 15.5 Å². The third kappa shape index (κ3) is 3.55. The molecule has 4 rings (SSSR count). The van der Waals surface area contributed by atoms with Crippen molar-refractivity contribution in [2.45, 2.75) is 25.8 Å². The van der Waals surface area contributed by atoms with E-state index >= 15 is 0 Å². The van der Waals surface area contributed by atoms with E-state index < -0.39 is 0 Å². The highest BCUT2D eigenvalue weighted by Crippen LogP contribution is 2.33. The van der Waals surface area contributed by atoms with Gasteiger partial charge in [-0.25, -0.2) is 4.79 Å². The topological polar surface area (TPSA) is 80.5 Å². The fraction of sp³-hybridized carbons (Fsp3) is 0.286. The minimum atomic E-state index is -0.235. The maximum absolute atomic E-state index is 12.9. The van der Waals surface area contributed by atoms with Crippen LogP contribution in [0.5, 0.6) is 5.75 Å². The third-order valence-corrected chi connectivity index (χ3v) is 4.87. The Morgan fingerprint density at radius 1 is 1.25 bits per heavy atom. The smallest absolute Gasteiger partial charge is 0.322 e. The summed E-state index contributed by atoms with van der Waals surface area (Å²) in [7, 11) is 1.58. The van der Waals surface area contributed by atoms with Gasteiger partial charge in [0.15, 0.2) is 0 Å². The van der Waals surface area contributed by atoms with Crippen LogP contribution in [0.15, 0.2) is 53.1 Å². The van der Waals surface area contributed by atoms with Gasteiger partial charge in [0.25, 0.3) is 0 Å². The highest BCUT2D eigenvalue weighted by atomic mass is 16.5. The van der Waals surface area contributed by atoms with Crippen LogP contribution in [0.3, 0.4) is 0 Å². The van der Waals surface area contributed by atoms with Crippen molar-refractivity contribution in [2.75, 3.05) is 19.0 Å². The lowest BCUT2D eigenvalue weighted by Crippen LogP contribution is -2.34. The molecule has 0 unspecified atom stereocenters. The molecule has 7 heteroatoms. The highest BCUT2D eigenvalue weighted by Gasteiger charge is 2.34.